The quantitative estimate of drug-likeness (QED) is 0.782. The van der Waals surface area contributed by atoms with Gasteiger partial charge in [-0.3, -0.25) is 4.79 Å². The van der Waals surface area contributed by atoms with E-state index >= 15 is 0 Å². The van der Waals surface area contributed by atoms with Crippen molar-refractivity contribution in [3.63, 3.8) is 0 Å². The van der Waals surface area contributed by atoms with Gasteiger partial charge in [-0.2, -0.15) is 0 Å². The first-order chi connectivity index (χ1) is 8.08. The molecule has 3 N–H and O–H groups in total. The molecule has 1 unspecified atom stereocenters. The van der Waals surface area contributed by atoms with Crippen molar-refractivity contribution in [2.45, 2.75) is 18.8 Å². The maximum absolute atomic E-state index is 11.6. The maximum atomic E-state index is 11.6. The normalized spacial score (nSPS) is 14.3. The number of carboxylic acid groups (broad SMARTS) is 1. The number of nitrogens with two attached hydrogens (primary N) is 1. The van der Waals surface area contributed by atoms with Gasteiger partial charge in [0.25, 0.3) is 0 Å². The molecule has 0 spiro atoms. The Hall–Kier alpha value is -1.39. The second-order valence-corrected chi connectivity index (χ2v) is 4.15. The van der Waals surface area contributed by atoms with Gasteiger partial charge in [0.15, 0.2) is 0 Å². The molecule has 1 aromatic carbocycles. The minimum absolute atomic E-state index is 0.0660. The zero-order chi connectivity index (χ0) is 12.9. The highest BCUT2D eigenvalue weighted by Crippen LogP contribution is 2.30. The van der Waals surface area contributed by atoms with Gasteiger partial charge in [0, 0.05) is 20.3 Å². The number of hydrogen-bond donors (Lipinski definition) is 2. The van der Waals surface area contributed by atoms with E-state index in [2.05, 4.69) is 0 Å². The molecule has 0 aromatic heterocycles. The Balaban J connectivity index is 3.22. The molecule has 0 saturated heterocycles. The number of methoxy groups -OCH3 is 1. The van der Waals surface area contributed by atoms with Crippen molar-refractivity contribution in [3.8, 4) is 0 Å². The molecule has 0 saturated carbocycles. The van der Waals surface area contributed by atoms with Crippen LogP contribution in [0.15, 0.2) is 24.3 Å². The van der Waals surface area contributed by atoms with E-state index in [1.165, 1.54) is 0 Å². The highest BCUT2D eigenvalue weighted by atomic mass is 16.5. The SMILES string of the molecule is COCCC(CN)(C(=O)O)c1ccccc1C. The maximum Gasteiger partial charge on any atom is 0.315 e. The highest BCUT2D eigenvalue weighted by molar-refractivity contribution is 5.82. The first kappa shape index (κ1) is 13.7. The van der Waals surface area contributed by atoms with Crippen molar-refractivity contribution >= 4 is 5.97 Å². The van der Waals surface area contributed by atoms with Crippen LogP contribution in [0.5, 0.6) is 0 Å². The molecule has 0 bridgehead atoms. The Bertz CT molecular complexity index is 392. The van der Waals surface area contributed by atoms with Gasteiger partial charge in [-0.15, -0.1) is 0 Å². The van der Waals surface area contributed by atoms with Crippen molar-refractivity contribution in [2.75, 3.05) is 20.3 Å². The molecule has 1 atom stereocenters. The molecule has 0 amide bonds. The third-order valence-electron chi connectivity index (χ3n) is 3.15. The lowest BCUT2D eigenvalue weighted by Crippen LogP contribution is -2.44. The molecule has 1 rings (SSSR count). The minimum Gasteiger partial charge on any atom is -0.481 e. The zero-order valence-corrected chi connectivity index (χ0v) is 10.3. The topological polar surface area (TPSA) is 72.5 Å². The summed E-state index contributed by atoms with van der Waals surface area (Å²) in [6, 6.07) is 7.45. The van der Waals surface area contributed by atoms with Gasteiger partial charge in [-0.25, -0.2) is 0 Å². The lowest BCUT2D eigenvalue weighted by Gasteiger charge is -2.29. The van der Waals surface area contributed by atoms with E-state index in [0.29, 0.717) is 13.0 Å². The standard InChI is InChI=1S/C13H19NO3/c1-10-5-3-4-6-11(10)13(9-14,12(15)16)7-8-17-2/h3-6H,7-9,14H2,1-2H3,(H,15,16). The van der Waals surface area contributed by atoms with Crippen LogP contribution in [0.3, 0.4) is 0 Å². The highest BCUT2D eigenvalue weighted by Gasteiger charge is 2.39. The summed E-state index contributed by atoms with van der Waals surface area (Å²) >= 11 is 0. The van der Waals surface area contributed by atoms with Crippen LogP contribution in [0.2, 0.25) is 0 Å². The summed E-state index contributed by atoms with van der Waals surface area (Å²) in [7, 11) is 1.56. The van der Waals surface area contributed by atoms with Crippen LogP contribution in [0, 0.1) is 6.92 Å². The first-order valence-corrected chi connectivity index (χ1v) is 5.57. The first-order valence-electron chi connectivity index (χ1n) is 5.57. The third-order valence-corrected chi connectivity index (χ3v) is 3.15. The lowest BCUT2D eigenvalue weighted by atomic mass is 9.76. The third kappa shape index (κ3) is 2.65. The van der Waals surface area contributed by atoms with Crippen LogP contribution in [-0.4, -0.2) is 31.3 Å². The molecule has 94 valence electrons. The number of carboxylic acids is 1. The number of rotatable bonds is 6. The number of carbonyl (C=O) groups is 1. The van der Waals surface area contributed by atoms with E-state index in [4.69, 9.17) is 10.5 Å². The molecule has 0 aliphatic carbocycles. The van der Waals surface area contributed by atoms with E-state index < -0.39 is 11.4 Å². The summed E-state index contributed by atoms with van der Waals surface area (Å²) < 4.78 is 4.99. The Morgan fingerprint density at radius 1 is 1.47 bits per heavy atom. The van der Waals surface area contributed by atoms with Gasteiger partial charge in [0.2, 0.25) is 0 Å². The molecular weight excluding hydrogens is 218 g/mol. The van der Waals surface area contributed by atoms with Crippen molar-refractivity contribution in [3.05, 3.63) is 35.4 Å². The van der Waals surface area contributed by atoms with Crippen molar-refractivity contribution in [1.29, 1.82) is 0 Å². The average molecular weight is 237 g/mol. The summed E-state index contributed by atoms with van der Waals surface area (Å²) in [6.45, 7) is 2.34. The predicted molar refractivity (Wildman–Crippen MR) is 66.0 cm³/mol. The number of hydrogen-bond acceptors (Lipinski definition) is 3. The smallest absolute Gasteiger partial charge is 0.315 e. The summed E-state index contributed by atoms with van der Waals surface area (Å²) in [5, 5.41) is 9.49. The second-order valence-electron chi connectivity index (χ2n) is 4.15. The zero-order valence-electron chi connectivity index (χ0n) is 10.3. The summed E-state index contributed by atoms with van der Waals surface area (Å²) in [4.78, 5) is 11.6. The minimum atomic E-state index is -1.05. The van der Waals surface area contributed by atoms with Crippen molar-refractivity contribution < 1.29 is 14.6 Å². The fourth-order valence-corrected chi connectivity index (χ4v) is 2.04. The van der Waals surface area contributed by atoms with Crippen LogP contribution < -0.4 is 5.73 Å². The number of benzene rings is 1. The molecule has 0 radical (unpaired) electrons. The summed E-state index contributed by atoms with van der Waals surface area (Å²) in [6.07, 6.45) is 0.375. The Labute approximate surface area is 101 Å². The molecule has 1 aromatic rings. The second kappa shape index (κ2) is 5.80. The predicted octanol–water partition coefficient (Wildman–Crippen LogP) is 1.31. The number of aryl methyl sites for hydroxylation is 1. The van der Waals surface area contributed by atoms with Crippen molar-refractivity contribution in [1.82, 2.24) is 0 Å². The van der Waals surface area contributed by atoms with Gasteiger partial charge in [0.05, 0.1) is 0 Å². The fourth-order valence-electron chi connectivity index (χ4n) is 2.04. The molecule has 17 heavy (non-hydrogen) atoms. The van der Waals surface area contributed by atoms with Gasteiger partial charge >= 0.3 is 5.97 Å². The number of aliphatic carboxylic acids is 1. The molecule has 4 heteroatoms. The van der Waals surface area contributed by atoms with E-state index in [1.54, 1.807) is 7.11 Å². The van der Waals surface area contributed by atoms with E-state index in [0.717, 1.165) is 11.1 Å². The molecule has 0 heterocycles. The Morgan fingerprint density at radius 2 is 2.12 bits per heavy atom. The van der Waals surface area contributed by atoms with Crippen LogP contribution in [0.4, 0.5) is 0 Å². The lowest BCUT2D eigenvalue weighted by molar-refractivity contribution is -0.144. The van der Waals surface area contributed by atoms with Gasteiger partial charge in [0.1, 0.15) is 5.41 Å². The van der Waals surface area contributed by atoms with Gasteiger partial charge in [-0.1, -0.05) is 24.3 Å². The molecular formula is C13H19NO3. The monoisotopic (exact) mass is 237 g/mol. The van der Waals surface area contributed by atoms with Gasteiger partial charge < -0.3 is 15.6 Å². The molecule has 4 nitrogen and oxygen atoms in total. The van der Waals surface area contributed by atoms with Crippen LogP contribution in [-0.2, 0) is 14.9 Å². The molecule has 0 aliphatic heterocycles. The largest absolute Gasteiger partial charge is 0.481 e. The summed E-state index contributed by atoms with van der Waals surface area (Å²) in [5.41, 5.74) is 6.37. The molecule has 0 fully saturated rings. The van der Waals surface area contributed by atoms with Crippen LogP contribution >= 0.6 is 0 Å². The fraction of sp³-hybridized carbons (Fsp3) is 0.462. The van der Waals surface area contributed by atoms with E-state index in [1.807, 2.05) is 31.2 Å². The number of ether oxygens (including phenoxy) is 1. The van der Waals surface area contributed by atoms with E-state index in [9.17, 15) is 9.90 Å². The van der Waals surface area contributed by atoms with Gasteiger partial charge in [-0.05, 0) is 24.5 Å². The Morgan fingerprint density at radius 3 is 2.59 bits per heavy atom. The van der Waals surface area contributed by atoms with E-state index in [-0.39, 0.29) is 6.54 Å². The van der Waals surface area contributed by atoms with Crippen molar-refractivity contribution in [2.24, 2.45) is 5.73 Å². The summed E-state index contributed by atoms with van der Waals surface area (Å²) in [5.74, 6) is -0.897. The average Bonchev–Trinajstić information content (AvgIpc) is 2.32. The van der Waals surface area contributed by atoms with Crippen LogP contribution in [0.25, 0.3) is 0 Å². The Kier molecular flexibility index (Phi) is 4.66. The van der Waals surface area contributed by atoms with Crippen LogP contribution in [0.1, 0.15) is 17.5 Å². The molecule has 0 aliphatic rings.